The third kappa shape index (κ3) is 1.48. The molecule has 0 bridgehead atoms. The lowest BCUT2D eigenvalue weighted by Gasteiger charge is -2.07. The summed E-state index contributed by atoms with van der Waals surface area (Å²) in [6.45, 7) is 1.49. The summed E-state index contributed by atoms with van der Waals surface area (Å²) in [5, 5.41) is 0.0666. The van der Waals surface area contributed by atoms with Gasteiger partial charge in [-0.2, -0.15) is 0 Å². The van der Waals surface area contributed by atoms with Gasteiger partial charge in [0.1, 0.15) is 0 Å². The number of rotatable bonds is 1. The highest BCUT2D eigenvalue weighted by Gasteiger charge is 2.14. The Morgan fingerprint density at radius 2 is 2.17 bits per heavy atom. The van der Waals surface area contributed by atoms with Gasteiger partial charge in [0, 0.05) is 11.8 Å². The fourth-order valence-corrected chi connectivity index (χ4v) is 1.01. The molecule has 0 spiro atoms. The number of hydrogen-bond acceptors (Lipinski definition) is 2. The maximum atomic E-state index is 12.2. The average Bonchev–Trinajstić information content (AvgIpc) is 2.00. The highest BCUT2D eigenvalue weighted by atomic mass is 35.5. The van der Waals surface area contributed by atoms with Crippen molar-refractivity contribution in [2.75, 3.05) is 5.73 Å². The molecule has 5 heteroatoms. The number of anilines is 1. The van der Waals surface area contributed by atoms with E-state index in [1.807, 2.05) is 0 Å². The van der Waals surface area contributed by atoms with E-state index in [4.69, 9.17) is 17.3 Å². The largest absolute Gasteiger partial charge is 0.396 e. The Morgan fingerprint density at radius 3 is 2.67 bits per heavy atom. The molecule has 2 N–H and O–H groups in total. The van der Waals surface area contributed by atoms with Crippen molar-refractivity contribution in [1.29, 1.82) is 0 Å². The van der Waals surface area contributed by atoms with E-state index in [2.05, 4.69) is 4.98 Å². The molecule has 0 saturated carbocycles. The molecule has 0 aromatic carbocycles. The van der Waals surface area contributed by atoms with Crippen LogP contribution in [0.2, 0.25) is 5.15 Å². The minimum atomic E-state index is -2.56. The first kappa shape index (κ1) is 9.19. The molecule has 0 saturated heterocycles. The van der Waals surface area contributed by atoms with Gasteiger partial charge in [0.25, 0.3) is 6.43 Å². The van der Waals surface area contributed by atoms with Gasteiger partial charge < -0.3 is 5.73 Å². The van der Waals surface area contributed by atoms with Crippen LogP contribution in [0.5, 0.6) is 0 Å². The number of nitrogens with two attached hydrogens (primary N) is 1. The quantitative estimate of drug-likeness (QED) is 0.695. The van der Waals surface area contributed by atoms with E-state index in [9.17, 15) is 8.78 Å². The van der Waals surface area contributed by atoms with Crippen LogP contribution in [0.25, 0.3) is 0 Å². The number of nitrogens with zero attached hydrogens (tertiary/aromatic N) is 1. The molecule has 0 aliphatic carbocycles. The normalized spacial score (nSPS) is 10.8. The van der Waals surface area contributed by atoms with E-state index in [0.717, 1.165) is 6.20 Å². The van der Waals surface area contributed by atoms with Gasteiger partial charge in [0.2, 0.25) is 0 Å². The van der Waals surface area contributed by atoms with Gasteiger partial charge >= 0.3 is 0 Å². The number of nitrogen functional groups attached to an aromatic ring is 1. The first-order chi connectivity index (χ1) is 5.54. The molecule has 0 unspecified atom stereocenters. The third-order valence-corrected chi connectivity index (χ3v) is 1.91. The lowest BCUT2D eigenvalue weighted by atomic mass is 10.1. The molecule has 66 valence electrons. The second-order valence-corrected chi connectivity index (χ2v) is 2.70. The summed E-state index contributed by atoms with van der Waals surface area (Å²) < 4.78 is 24.4. The van der Waals surface area contributed by atoms with Gasteiger partial charge in [0.05, 0.1) is 5.69 Å². The van der Waals surface area contributed by atoms with E-state index in [1.165, 1.54) is 6.92 Å². The zero-order valence-corrected chi connectivity index (χ0v) is 7.07. The molecule has 1 aromatic rings. The SMILES string of the molecule is Cc1c(C(F)F)cnc(Cl)c1N. The van der Waals surface area contributed by atoms with Crippen LogP contribution in [0.15, 0.2) is 6.20 Å². The maximum absolute atomic E-state index is 12.2. The summed E-state index contributed by atoms with van der Waals surface area (Å²) in [6.07, 6.45) is -1.52. The van der Waals surface area contributed by atoms with Crippen LogP contribution in [0.3, 0.4) is 0 Å². The summed E-state index contributed by atoms with van der Waals surface area (Å²) >= 11 is 5.51. The smallest absolute Gasteiger partial charge is 0.265 e. The van der Waals surface area contributed by atoms with E-state index >= 15 is 0 Å². The summed E-state index contributed by atoms with van der Waals surface area (Å²) in [5.74, 6) is 0. The lowest BCUT2D eigenvalue weighted by molar-refractivity contribution is 0.150. The van der Waals surface area contributed by atoms with Gasteiger partial charge in [-0.3, -0.25) is 0 Å². The second-order valence-electron chi connectivity index (χ2n) is 2.34. The van der Waals surface area contributed by atoms with E-state index in [0.29, 0.717) is 5.56 Å². The van der Waals surface area contributed by atoms with Crippen LogP contribution in [-0.4, -0.2) is 4.98 Å². The van der Waals surface area contributed by atoms with E-state index in [1.54, 1.807) is 0 Å². The molecule has 0 aliphatic rings. The molecule has 0 aliphatic heterocycles. The van der Waals surface area contributed by atoms with Gasteiger partial charge in [-0.25, -0.2) is 13.8 Å². The number of aromatic nitrogens is 1. The number of alkyl halides is 2. The average molecular weight is 193 g/mol. The molecule has 2 nitrogen and oxygen atoms in total. The zero-order chi connectivity index (χ0) is 9.30. The maximum Gasteiger partial charge on any atom is 0.265 e. The van der Waals surface area contributed by atoms with Crippen LogP contribution in [0.1, 0.15) is 17.6 Å². The molecular formula is C7H7ClF2N2. The van der Waals surface area contributed by atoms with E-state index < -0.39 is 6.43 Å². The Morgan fingerprint density at radius 1 is 1.58 bits per heavy atom. The van der Waals surface area contributed by atoms with Crippen molar-refractivity contribution in [1.82, 2.24) is 4.98 Å². The van der Waals surface area contributed by atoms with Gasteiger partial charge in [-0.15, -0.1) is 0 Å². The first-order valence-corrected chi connectivity index (χ1v) is 3.60. The molecule has 12 heavy (non-hydrogen) atoms. The first-order valence-electron chi connectivity index (χ1n) is 3.22. The van der Waals surface area contributed by atoms with Crippen molar-refractivity contribution in [3.63, 3.8) is 0 Å². The number of halogens is 3. The van der Waals surface area contributed by atoms with Crippen molar-refractivity contribution in [2.45, 2.75) is 13.3 Å². The molecule has 1 rings (SSSR count). The summed E-state index contributed by atoms with van der Waals surface area (Å²) in [7, 11) is 0. The molecule has 0 radical (unpaired) electrons. The monoisotopic (exact) mass is 192 g/mol. The molecule has 1 heterocycles. The fraction of sp³-hybridized carbons (Fsp3) is 0.286. The Labute approximate surface area is 73.4 Å². The highest BCUT2D eigenvalue weighted by Crippen LogP contribution is 2.28. The Bertz CT molecular complexity index is 302. The molecule has 0 atom stereocenters. The minimum absolute atomic E-state index is 0.0666. The summed E-state index contributed by atoms with van der Waals surface area (Å²) in [5.41, 5.74) is 5.64. The predicted molar refractivity (Wildman–Crippen MR) is 43.4 cm³/mol. The van der Waals surface area contributed by atoms with Gasteiger partial charge in [-0.1, -0.05) is 11.6 Å². The zero-order valence-electron chi connectivity index (χ0n) is 6.31. The molecule has 1 aromatic heterocycles. The van der Waals surface area contributed by atoms with Crippen molar-refractivity contribution >= 4 is 17.3 Å². The second kappa shape index (κ2) is 3.23. The van der Waals surface area contributed by atoms with Crippen LogP contribution < -0.4 is 5.73 Å². The van der Waals surface area contributed by atoms with Crippen molar-refractivity contribution in [3.8, 4) is 0 Å². The van der Waals surface area contributed by atoms with Gasteiger partial charge in [0.15, 0.2) is 5.15 Å². The topological polar surface area (TPSA) is 38.9 Å². The Balaban J connectivity index is 3.27. The number of hydrogen-bond donors (Lipinski definition) is 1. The number of pyridine rings is 1. The minimum Gasteiger partial charge on any atom is -0.396 e. The highest BCUT2D eigenvalue weighted by molar-refractivity contribution is 6.32. The Hall–Kier alpha value is -0.900. The van der Waals surface area contributed by atoms with Crippen LogP contribution >= 0.6 is 11.6 Å². The van der Waals surface area contributed by atoms with Gasteiger partial charge in [-0.05, 0) is 12.5 Å². The predicted octanol–water partition coefficient (Wildman–Crippen LogP) is 2.56. The summed E-state index contributed by atoms with van der Waals surface area (Å²) in [6, 6.07) is 0. The summed E-state index contributed by atoms with van der Waals surface area (Å²) in [4.78, 5) is 3.52. The van der Waals surface area contributed by atoms with Crippen LogP contribution in [0.4, 0.5) is 14.5 Å². The van der Waals surface area contributed by atoms with Crippen molar-refractivity contribution < 1.29 is 8.78 Å². The van der Waals surface area contributed by atoms with Crippen LogP contribution in [0, 0.1) is 6.92 Å². The Kier molecular flexibility index (Phi) is 2.47. The van der Waals surface area contributed by atoms with Crippen LogP contribution in [-0.2, 0) is 0 Å². The molecule has 0 amide bonds. The van der Waals surface area contributed by atoms with E-state index in [-0.39, 0.29) is 16.4 Å². The van der Waals surface area contributed by atoms with Crippen molar-refractivity contribution in [3.05, 3.63) is 22.5 Å². The standard InChI is InChI=1S/C7H7ClF2N2/c1-3-4(7(9)10)2-12-6(8)5(3)11/h2,7H,11H2,1H3. The fourth-order valence-electron chi connectivity index (χ4n) is 0.823. The van der Waals surface area contributed by atoms with Crippen molar-refractivity contribution in [2.24, 2.45) is 0 Å². The molecular weight excluding hydrogens is 186 g/mol. The molecule has 0 fully saturated rings. The third-order valence-electron chi connectivity index (χ3n) is 1.61. The lowest BCUT2D eigenvalue weighted by Crippen LogP contribution is -1.99.